The van der Waals surface area contributed by atoms with Gasteiger partial charge in [-0.2, -0.15) is 0 Å². The fourth-order valence-corrected chi connectivity index (χ4v) is 3.46. The van der Waals surface area contributed by atoms with Crippen molar-refractivity contribution in [3.8, 4) is 11.5 Å². The summed E-state index contributed by atoms with van der Waals surface area (Å²) < 4.78 is 28.6. The zero-order valence-corrected chi connectivity index (χ0v) is 16.7. The van der Waals surface area contributed by atoms with E-state index in [1.54, 1.807) is 30.0 Å². The van der Waals surface area contributed by atoms with Gasteiger partial charge < -0.3 is 9.84 Å². The largest absolute Gasteiger partial charge is 0.457 e. The van der Waals surface area contributed by atoms with Crippen molar-refractivity contribution in [1.82, 2.24) is 4.90 Å². The lowest BCUT2D eigenvalue weighted by molar-refractivity contribution is 0.216. The predicted octanol–water partition coefficient (Wildman–Crippen LogP) is 3.48. The predicted molar refractivity (Wildman–Crippen MR) is 107 cm³/mol. The van der Waals surface area contributed by atoms with Crippen LogP contribution in [0.5, 0.6) is 11.5 Å². The molecule has 0 fully saturated rings. The molecule has 0 heterocycles. The number of anilines is 1. The number of hydrogen-bond acceptors (Lipinski definition) is 5. The van der Waals surface area contributed by atoms with E-state index in [0.717, 1.165) is 16.9 Å². The Bertz CT molecular complexity index is 771. The first-order valence-corrected chi connectivity index (χ1v) is 10.4. The molecule has 3 N–H and O–H groups in total. The highest BCUT2D eigenvalue weighted by molar-refractivity contribution is 7.98. The Morgan fingerprint density at radius 1 is 1.27 bits per heavy atom. The number of aryl methyl sites for hydroxylation is 1. The van der Waals surface area contributed by atoms with Crippen LogP contribution >= 0.6 is 11.8 Å². The highest BCUT2D eigenvalue weighted by Gasteiger charge is 2.11. The van der Waals surface area contributed by atoms with Gasteiger partial charge in [0.15, 0.2) is 0 Å². The molecule has 0 aliphatic carbocycles. The number of rotatable bonds is 9. The average molecular weight is 397 g/mol. The summed E-state index contributed by atoms with van der Waals surface area (Å²) in [4.78, 5) is 3.15. The molecule has 26 heavy (non-hydrogen) atoms. The molecule has 0 radical (unpaired) electrons. The van der Waals surface area contributed by atoms with Gasteiger partial charge >= 0.3 is 0 Å². The summed E-state index contributed by atoms with van der Waals surface area (Å²) in [5, 5.41) is 9.11. The molecule has 8 heteroatoms. The maximum absolute atomic E-state index is 11.0. The number of aliphatic hydroxyl groups is 1. The summed E-state index contributed by atoms with van der Waals surface area (Å²) in [6.45, 7) is 3.15. The van der Waals surface area contributed by atoms with Crippen molar-refractivity contribution in [3.05, 3.63) is 47.5 Å². The molecule has 1 atom stereocenters. The molecule has 142 valence electrons. The summed E-state index contributed by atoms with van der Waals surface area (Å²) in [5.74, 6) is 1.40. The molecule has 0 aliphatic rings. The van der Waals surface area contributed by atoms with E-state index >= 15 is 0 Å². The molecule has 0 amide bonds. The van der Waals surface area contributed by atoms with E-state index in [1.165, 1.54) is 4.90 Å². The number of hydrogen-bond donors (Lipinski definition) is 3. The van der Waals surface area contributed by atoms with Crippen LogP contribution in [0.3, 0.4) is 0 Å². The molecule has 1 unspecified atom stereocenters. The first kappa shape index (κ1) is 20.7. The fourth-order valence-electron chi connectivity index (χ4n) is 2.55. The summed E-state index contributed by atoms with van der Waals surface area (Å²) in [5.41, 5.74) is 2.52. The van der Waals surface area contributed by atoms with Crippen LogP contribution in [0.4, 0.5) is 5.69 Å². The minimum atomic E-state index is -2.14. The lowest BCUT2D eigenvalue weighted by atomic mass is 10.1. The van der Waals surface area contributed by atoms with Gasteiger partial charge in [-0.1, -0.05) is 0 Å². The van der Waals surface area contributed by atoms with Gasteiger partial charge in [0.05, 0.1) is 6.61 Å². The second kappa shape index (κ2) is 9.94. The molecule has 0 bridgehead atoms. The van der Waals surface area contributed by atoms with Gasteiger partial charge in [0.1, 0.15) is 11.5 Å². The smallest absolute Gasteiger partial charge is 0.259 e. The third-order valence-corrected chi connectivity index (χ3v) is 5.09. The Morgan fingerprint density at radius 2 is 2.04 bits per heavy atom. The van der Waals surface area contributed by atoms with Crippen molar-refractivity contribution in [2.24, 2.45) is 0 Å². The standard InChI is InChI=1S/C18H24N2O4S2/c1-13-10-16(5-7-18(13)25-3)24-17-6-4-15(19-26(22)23)11-14(17)12-20(2)8-9-21/h4-7,10-11,19,21H,8-9,12H2,1-3H3,(H,22,23). The Labute approximate surface area is 161 Å². The second-order valence-corrected chi connectivity index (χ2v) is 7.42. The minimum absolute atomic E-state index is 0.0562. The number of aliphatic hydroxyl groups excluding tert-OH is 1. The minimum Gasteiger partial charge on any atom is -0.457 e. The summed E-state index contributed by atoms with van der Waals surface area (Å²) >= 11 is -0.451. The molecule has 6 nitrogen and oxygen atoms in total. The molecule has 0 aromatic heterocycles. The normalized spacial score (nSPS) is 12.2. The van der Waals surface area contributed by atoms with E-state index in [9.17, 15) is 4.21 Å². The van der Waals surface area contributed by atoms with Crippen molar-refractivity contribution in [1.29, 1.82) is 0 Å². The SMILES string of the molecule is CSc1ccc(Oc2ccc(NS(=O)O)cc2CN(C)CCO)cc1C. The molecule has 2 rings (SSSR count). The Balaban J connectivity index is 2.29. The van der Waals surface area contributed by atoms with Crippen molar-refractivity contribution >= 4 is 28.7 Å². The topological polar surface area (TPSA) is 82.0 Å². The number of likely N-dealkylation sites (N-methyl/N-ethyl adjacent to an activating group) is 1. The number of ether oxygens (including phenoxy) is 1. The molecule has 0 saturated carbocycles. The van der Waals surface area contributed by atoms with E-state index in [1.807, 2.05) is 43.3 Å². The van der Waals surface area contributed by atoms with E-state index in [4.69, 9.17) is 14.4 Å². The van der Waals surface area contributed by atoms with Crippen molar-refractivity contribution < 1.29 is 18.6 Å². The van der Waals surface area contributed by atoms with Crippen LogP contribution < -0.4 is 9.46 Å². The first-order chi connectivity index (χ1) is 12.4. The lowest BCUT2D eigenvalue weighted by Crippen LogP contribution is -2.21. The van der Waals surface area contributed by atoms with E-state index < -0.39 is 11.3 Å². The van der Waals surface area contributed by atoms with E-state index in [2.05, 4.69) is 4.72 Å². The first-order valence-electron chi connectivity index (χ1n) is 8.05. The average Bonchev–Trinajstić information content (AvgIpc) is 2.57. The molecule has 2 aromatic rings. The van der Waals surface area contributed by atoms with Gasteiger partial charge in [-0.15, -0.1) is 11.8 Å². The second-order valence-electron chi connectivity index (χ2n) is 5.87. The van der Waals surface area contributed by atoms with Gasteiger partial charge in [-0.3, -0.25) is 14.2 Å². The Hall–Kier alpha value is -1.58. The third kappa shape index (κ3) is 6.00. The molecular formula is C18H24N2O4S2. The fraction of sp³-hybridized carbons (Fsp3) is 0.333. The number of nitrogens with one attached hydrogen (secondary N) is 1. The monoisotopic (exact) mass is 396 g/mol. The van der Waals surface area contributed by atoms with Crippen LogP contribution in [0.25, 0.3) is 0 Å². The van der Waals surface area contributed by atoms with Crippen LogP contribution in [0.2, 0.25) is 0 Å². The zero-order chi connectivity index (χ0) is 19.1. The zero-order valence-electron chi connectivity index (χ0n) is 15.1. The number of nitrogens with zero attached hydrogens (tertiary/aromatic N) is 1. The van der Waals surface area contributed by atoms with Crippen LogP contribution in [-0.4, -0.2) is 45.2 Å². The quantitative estimate of drug-likeness (QED) is 0.445. The summed E-state index contributed by atoms with van der Waals surface area (Å²) in [6.07, 6.45) is 2.04. The maximum Gasteiger partial charge on any atom is 0.259 e. The summed E-state index contributed by atoms with van der Waals surface area (Å²) in [7, 11) is 1.89. The van der Waals surface area contributed by atoms with Crippen molar-refractivity contribution in [3.63, 3.8) is 0 Å². The third-order valence-electron chi connectivity index (χ3n) is 3.78. The van der Waals surface area contributed by atoms with Gasteiger partial charge in [0.25, 0.3) is 11.3 Å². The Morgan fingerprint density at radius 3 is 2.65 bits per heavy atom. The lowest BCUT2D eigenvalue weighted by Gasteiger charge is -2.19. The summed E-state index contributed by atoms with van der Waals surface area (Å²) in [6, 6.07) is 11.2. The number of thioether (sulfide) groups is 1. The van der Waals surface area contributed by atoms with Crippen molar-refractivity contribution in [2.75, 3.05) is 31.2 Å². The van der Waals surface area contributed by atoms with Gasteiger partial charge in [-0.25, -0.2) is 4.21 Å². The van der Waals surface area contributed by atoms with Crippen LogP contribution in [0, 0.1) is 6.92 Å². The molecular weight excluding hydrogens is 372 g/mol. The van der Waals surface area contributed by atoms with Crippen LogP contribution in [0.1, 0.15) is 11.1 Å². The molecule has 0 aliphatic heterocycles. The van der Waals surface area contributed by atoms with Gasteiger partial charge in [0.2, 0.25) is 0 Å². The maximum atomic E-state index is 11.0. The van der Waals surface area contributed by atoms with Gasteiger partial charge in [0, 0.05) is 29.2 Å². The van der Waals surface area contributed by atoms with E-state index in [-0.39, 0.29) is 6.61 Å². The number of benzene rings is 2. The van der Waals surface area contributed by atoms with E-state index in [0.29, 0.717) is 24.5 Å². The van der Waals surface area contributed by atoms with Crippen LogP contribution in [-0.2, 0) is 17.8 Å². The molecule has 0 saturated heterocycles. The van der Waals surface area contributed by atoms with Crippen molar-refractivity contribution in [2.45, 2.75) is 18.4 Å². The highest BCUT2D eigenvalue weighted by Crippen LogP contribution is 2.31. The van der Waals surface area contributed by atoms with Gasteiger partial charge in [-0.05, 0) is 62.2 Å². The molecule has 0 spiro atoms. The van der Waals surface area contributed by atoms with Crippen LogP contribution in [0.15, 0.2) is 41.3 Å². The Kier molecular flexibility index (Phi) is 7.92. The highest BCUT2D eigenvalue weighted by atomic mass is 32.2. The molecule has 2 aromatic carbocycles.